The maximum absolute atomic E-state index is 2.42. The lowest BCUT2D eigenvalue weighted by molar-refractivity contribution is 1.18. The Morgan fingerprint density at radius 3 is 1.47 bits per heavy atom. The SMILES string of the molecule is c1ccc(-c2ccc3c4ccccc4n(-c4cccc(-c5ccc6c7ccccc7c7ccccc7c6c5)c4)c3c2)cc1. The topological polar surface area (TPSA) is 4.93 Å². The van der Waals surface area contributed by atoms with Gasteiger partial charge in [0.05, 0.1) is 11.0 Å². The van der Waals surface area contributed by atoms with Crippen LogP contribution in [0.15, 0.2) is 164 Å². The minimum absolute atomic E-state index is 1.16. The second-order valence-corrected chi connectivity index (χ2v) is 11.4. The highest BCUT2D eigenvalue weighted by atomic mass is 15.0. The second kappa shape index (κ2) is 9.44. The smallest absolute Gasteiger partial charge is 0.0547 e. The zero-order valence-electron chi connectivity index (χ0n) is 23.5. The summed E-state index contributed by atoms with van der Waals surface area (Å²) in [5.74, 6) is 0. The van der Waals surface area contributed by atoms with E-state index in [1.54, 1.807) is 0 Å². The molecule has 0 radical (unpaired) electrons. The van der Waals surface area contributed by atoms with E-state index < -0.39 is 0 Å². The summed E-state index contributed by atoms with van der Waals surface area (Å²) in [7, 11) is 0. The Hall–Kier alpha value is -5.66. The first-order valence-corrected chi connectivity index (χ1v) is 14.9. The van der Waals surface area contributed by atoms with Crippen LogP contribution in [0.2, 0.25) is 0 Å². The first-order valence-electron chi connectivity index (χ1n) is 14.9. The van der Waals surface area contributed by atoms with Crippen molar-refractivity contribution in [2.75, 3.05) is 0 Å². The van der Waals surface area contributed by atoms with Crippen LogP contribution < -0.4 is 0 Å². The minimum atomic E-state index is 1.16. The fourth-order valence-electron chi connectivity index (χ4n) is 6.97. The molecule has 200 valence electrons. The van der Waals surface area contributed by atoms with Gasteiger partial charge in [-0.25, -0.2) is 0 Å². The molecule has 1 heterocycles. The van der Waals surface area contributed by atoms with Gasteiger partial charge in [0.25, 0.3) is 0 Å². The van der Waals surface area contributed by atoms with E-state index in [2.05, 4.69) is 168 Å². The summed E-state index contributed by atoms with van der Waals surface area (Å²) in [6.07, 6.45) is 0. The lowest BCUT2D eigenvalue weighted by Crippen LogP contribution is -1.94. The number of nitrogens with zero attached hydrogens (tertiary/aromatic N) is 1. The fourth-order valence-corrected chi connectivity index (χ4v) is 6.97. The standard InChI is InChI=1S/C42H27N/c1-2-11-28(12-3-1)31-22-24-39-38-19-8-9-20-41(38)43(42(39)27-31)32-14-10-13-29(25-32)30-21-23-37-35-17-5-4-15-33(35)34-16-6-7-18-36(34)40(37)26-30/h1-27H. The second-order valence-electron chi connectivity index (χ2n) is 11.4. The van der Waals surface area contributed by atoms with E-state index in [4.69, 9.17) is 0 Å². The van der Waals surface area contributed by atoms with E-state index in [9.17, 15) is 0 Å². The molecule has 1 heteroatoms. The van der Waals surface area contributed by atoms with Crippen molar-refractivity contribution < 1.29 is 0 Å². The van der Waals surface area contributed by atoms with Gasteiger partial charge in [-0.2, -0.15) is 0 Å². The summed E-state index contributed by atoms with van der Waals surface area (Å²) < 4.78 is 2.42. The van der Waals surface area contributed by atoms with Crippen molar-refractivity contribution in [2.45, 2.75) is 0 Å². The Morgan fingerprint density at radius 2 is 0.744 bits per heavy atom. The number of para-hydroxylation sites is 1. The summed E-state index contributed by atoms with van der Waals surface area (Å²) in [6, 6.07) is 59.8. The maximum atomic E-state index is 2.42. The van der Waals surface area contributed by atoms with Crippen molar-refractivity contribution in [1.29, 1.82) is 0 Å². The molecule has 43 heavy (non-hydrogen) atoms. The molecular weight excluding hydrogens is 518 g/mol. The largest absolute Gasteiger partial charge is 0.309 e. The van der Waals surface area contributed by atoms with Crippen LogP contribution in [0.4, 0.5) is 0 Å². The molecule has 0 N–H and O–H groups in total. The first kappa shape index (κ1) is 24.0. The number of fused-ring (bicyclic) bond motifs is 9. The third-order valence-electron chi connectivity index (χ3n) is 8.96. The van der Waals surface area contributed by atoms with E-state index in [1.165, 1.54) is 76.4 Å². The lowest BCUT2D eigenvalue weighted by atomic mass is 9.92. The van der Waals surface area contributed by atoms with Crippen LogP contribution in [0.1, 0.15) is 0 Å². The Morgan fingerprint density at radius 1 is 0.256 bits per heavy atom. The zero-order valence-corrected chi connectivity index (χ0v) is 23.5. The van der Waals surface area contributed by atoms with Gasteiger partial charge in [0.15, 0.2) is 0 Å². The van der Waals surface area contributed by atoms with E-state index in [-0.39, 0.29) is 0 Å². The summed E-state index contributed by atoms with van der Waals surface area (Å²) in [5.41, 5.74) is 8.49. The first-order chi connectivity index (χ1) is 21.3. The van der Waals surface area contributed by atoms with Crippen LogP contribution >= 0.6 is 0 Å². The van der Waals surface area contributed by atoms with Gasteiger partial charge in [-0.05, 0) is 84.9 Å². The minimum Gasteiger partial charge on any atom is -0.309 e. The fraction of sp³-hybridized carbons (Fsp3) is 0. The van der Waals surface area contributed by atoms with Crippen LogP contribution in [0.25, 0.3) is 82.1 Å². The van der Waals surface area contributed by atoms with Crippen LogP contribution in [-0.4, -0.2) is 4.57 Å². The summed E-state index contributed by atoms with van der Waals surface area (Å²) in [4.78, 5) is 0. The Balaban J connectivity index is 1.27. The van der Waals surface area contributed by atoms with E-state index in [0.29, 0.717) is 0 Å². The Labute approximate surface area is 249 Å². The number of hydrogen-bond donors (Lipinski definition) is 0. The van der Waals surface area contributed by atoms with Crippen LogP contribution in [0, 0.1) is 0 Å². The van der Waals surface area contributed by atoms with E-state index >= 15 is 0 Å². The van der Waals surface area contributed by atoms with Crippen molar-refractivity contribution in [3.63, 3.8) is 0 Å². The molecule has 0 aliphatic rings. The number of aromatic nitrogens is 1. The maximum Gasteiger partial charge on any atom is 0.0547 e. The van der Waals surface area contributed by atoms with E-state index in [1.807, 2.05) is 0 Å². The van der Waals surface area contributed by atoms with Crippen molar-refractivity contribution in [2.24, 2.45) is 0 Å². The van der Waals surface area contributed by atoms with Crippen LogP contribution in [-0.2, 0) is 0 Å². The van der Waals surface area contributed by atoms with E-state index in [0.717, 1.165) is 5.69 Å². The molecule has 9 rings (SSSR count). The normalized spacial score (nSPS) is 11.7. The molecule has 9 aromatic rings. The highest BCUT2D eigenvalue weighted by Crippen LogP contribution is 2.39. The molecule has 1 nitrogen and oxygen atoms in total. The molecule has 0 saturated carbocycles. The van der Waals surface area contributed by atoms with Gasteiger partial charge in [0.1, 0.15) is 0 Å². The average Bonchev–Trinajstić information content (AvgIpc) is 3.42. The van der Waals surface area contributed by atoms with Crippen molar-refractivity contribution >= 4 is 54.1 Å². The molecule has 0 aliphatic heterocycles. The monoisotopic (exact) mass is 545 g/mol. The average molecular weight is 546 g/mol. The van der Waals surface area contributed by atoms with Gasteiger partial charge in [-0.1, -0.05) is 133 Å². The molecule has 0 bridgehead atoms. The van der Waals surface area contributed by atoms with Crippen molar-refractivity contribution in [1.82, 2.24) is 4.57 Å². The lowest BCUT2D eigenvalue weighted by Gasteiger charge is -2.13. The molecule has 0 amide bonds. The molecule has 0 saturated heterocycles. The van der Waals surface area contributed by atoms with Crippen LogP contribution in [0.3, 0.4) is 0 Å². The van der Waals surface area contributed by atoms with Gasteiger partial charge in [0.2, 0.25) is 0 Å². The van der Waals surface area contributed by atoms with Gasteiger partial charge < -0.3 is 4.57 Å². The molecule has 1 aromatic heterocycles. The summed E-state index contributed by atoms with van der Waals surface area (Å²) >= 11 is 0. The highest BCUT2D eigenvalue weighted by Gasteiger charge is 2.15. The molecule has 0 atom stereocenters. The molecule has 0 spiro atoms. The summed E-state index contributed by atoms with van der Waals surface area (Å²) in [6.45, 7) is 0. The third kappa shape index (κ3) is 3.72. The molecular formula is C42H27N. The number of benzene rings is 8. The van der Waals surface area contributed by atoms with Gasteiger partial charge >= 0.3 is 0 Å². The van der Waals surface area contributed by atoms with Gasteiger partial charge in [0, 0.05) is 16.5 Å². The molecule has 0 aliphatic carbocycles. The quantitative estimate of drug-likeness (QED) is 0.195. The zero-order chi connectivity index (χ0) is 28.3. The number of hydrogen-bond acceptors (Lipinski definition) is 0. The van der Waals surface area contributed by atoms with Gasteiger partial charge in [-0.3, -0.25) is 0 Å². The predicted octanol–water partition coefficient (Wildman–Crippen LogP) is 11.6. The van der Waals surface area contributed by atoms with Gasteiger partial charge in [-0.15, -0.1) is 0 Å². The third-order valence-corrected chi connectivity index (χ3v) is 8.96. The van der Waals surface area contributed by atoms with Crippen molar-refractivity contribution in [3.05, 3.63) is 164 Å². The Kier molecular flexibility index (Phi) is 5.27. The van der Waals surface area contributed by atoms with Crippen LogP contribution in [0.5, 0.6) is 0 Å². The Bertz CT molecular complexity index is 2460. The summed E-state index contributed by atoms with van der Waals surface area (Å²) in [5, 5.41) is 10.3. The molecule has 8 aromatic carbocycles. The predicted molar refractivity (Wildman–Crippen MR) is 184 cm³/mol. The molecule has 0 fully saturated rings. The molecule has 0 unspecified atom stereocenters. The number of rotatable bonds is 3. The van der Waals surface area contributed by atoms with Crippen molar-refractivity contribution in [3.8, 4) is 27.9 Å². The highest BCUT2D eigenvalue weighted by molar-refractivity contribution is 6.25.